The van der Waals surface area contributed by atoms with Crippen molar-refractivity contribution in [3.63, 3.8) is 0 Å². The monoisotopic (exact) mass is 263 g/mol. The standard InChI is InChI=1S/C15H25N3O/c1-3-4-5-6-7-10-19-15-11(2)13(16)17-14(18-15)12-8-9-12/h12H,3-10H2,1-2H3,(H2,16,17,18). The van der Waals surface area contributed by atoms with Gasteiger partial charge in [0, 0.05) is 5.92 Å². The summed E-state index contributed by atoms with van der Waals surface area (Å²) >= 11 is 0. The van der Waals surface area contributed by atoms with Crippen molar-refractivity contribution >= 4 is 5.82 Å². The fourth-order valence-corrected chi connectivity index (χ4v) is 2.07. The summed E-state index contributed by atoms with van der Waals surface area (Å²) in [6.07, 6.45) is 8.54. The number of nitrogens with zero attached hydrogens (tertiary/aromatic N) is 2. The van der Waals surface area contributed by atoms with Crippen LogP contribution in [0.2, 0.25) is 0 Å². The summed E-state index contributed by atoms with van der Waals surface area (Å²) in [4.78, 5) is 8.87. The first kappa shape index (κ1) is 14.1. The van der Waals surface area contributed by atoms with Gasteiger partial charge in [-0.2, -0.15) is 4.98 Å². The molecule has 0 spiro atoms. The van der Waals surface area contributed by atoms with Gasteiger partial charge in [-0.3, -0.25) is 0 Å². The second-order valence-corrected chi connectivity index (χ2v) is 5.43. The third-order valence-electron chi connectivity index (χ3n) is 3.59. The summed E-state index contributed by atoms with van der Waals surface area (Å²) in [5.41, 5.74) is 6.80. The molecule has 1 heterocycles. The van der Waals surface area contributed by atoms with E-state index < -0.39 is 0 Å². The second kappa shape index (κ2) is 6.73. The average molecular weight is 263 g/mol. The SMILES string of the molecule is CCCCCCCOc1nc(C2CC2)nc(N)c1C. The van der Waals surface area contributed by atoms with Crippen molar-refractivity contribution < 1.29 is 4.74 Å². The maximum atomic E-state index is 5.93. The van der Waals surface area contributed by atoms with Gasteiger partial charge < -0.3 is 10.5 Å². The summed E-state index contributed by atoms with van der Waals surface area (Å²) < 4.78 is 5.79. The minimum absolute atomic E-state index is 0.509. The van der Waals surface area contributed by atoms with Crippen molar-refractivity contribution in [2.24, 2.45) is 0 Å². The zero-order chi connectivity index (χ0) is 13.7. The fourth-order valence-electron chi connectivity index (χ4n) is 2.07. The lowest BCUT2D eigenvalue weighted by Crippen LogP contribution is -2.07. The zero-order valence-corrected chi connectivity index (χ0v) is 12.1. The van der Waals surface area contributed by atoms with Gasteiger partial charge in [0.05, 0.1) is 12.2 Å². The number of nitrogens with two attached hydrogens (primary N) is 1. The molecular formula is C15H25N3O. The van der Waals surface area contributed by atoms with E-state index in [2.05, 4.69) is 16.9 Å². The highest BCUT2D eigenvalue weighted by Crippen LogP contribution is 2.39. The Hall–Kier alpha value is -1.32. The van der Waals surface area contributed by atoms with Crippen LogP contribution in [0.3, 0.4) is 0 Å². The molecular weight excluding hydrogens is 238 g/mol. The fraction of sp³-hybridized carbons (Fsp3) is 0.733. The van der Waals surface area contributed by atoms with Crippen LogP contribution >= 0.6 is 0 Å². The van der Waals surface area contributed by atoms with Crippen LogP contribution in [0.25, 0.3) is 0 Å². The van der Waals surface area contributed by atoms with E-state index >= 15 is 0 Å². The van der Waals surface area contributed by atoms with E-state index in [0.717, 1.165) is 24.4 Å². The Balaban J connectivity index is 1.84. The van der Waals surface area contributed by atoms with E-state index in [4.69, 9.17) is 10.5 Å². The van der Waals surface area contributed by atoms with Gasteiger partial charge in [-0.1, -0.05) is 32.6 Å². The van der Waals surface area contributed by atoms with E-state index in [1.54, 1.807) is 0 Å². The molecule has 2 rings (SSSR count). The quantitative estimate of drug-likeness (QED) is 0.728. The molecule has 0 radical (unpaired) electrons. The number of aromatic nitrogens is 2. The van der Waals surface area contributed by atoms with Crippen molar-refractivity contribution in [2.45, 2.75) is 64.7 Å². The van der Waals surface area contributed by atoms with Gasteiger partial charge in [0.1, 0.15) is 11.6 Å². The number of nitrogen functional groups attached to an aromatic ring is 1. The van der Waals surface area contributed by atoms with Gasteiger partial charge in [-0.25, -0.2) is 4.98 Å². The van der Waals surface area contributed by atoms with Crippen LogP contribution in [0.15, 0.2) is 0 Å². The van der Waals surface area contributed by atoms with Crippen molar-refractivity contribution in [2.75, 3.05) is 12.3 Å². The lowest BCUT2D eigenvalue weighted by atomic mass is 10.2. The summed E-state index contributed by atoms with van der Waals surface area (Å²) in [6.45, 7) is 4.88. The van der Waals surface area contributed by atoms with Crippen LogP contribution in [-0.4, -0.2) is 16.6 Å². The van der Waals surface area contributed by atoms with Crippen molar-refractivity contribution in [3.8, 4) is 5.88 Å². The lowest BCUT2D eigenvalue weighted by molar-refractivity contribution is 0.290. The summed E-state index contributed by atoms with van der Waals surface area (Å²) in [6, 6.07) is 0. The lowest BCUT2D eigenvalue weighted by Gasteiger charge is -2.11. The Labute approximate surface area is 115 Å². The zero-order valence-electron chi connectivity index (χ0n) is 12.1. The number of unbranched alkanes of at least 4 members (excludes halogenated alkanes) is 4. The van der Waals surface area contributed by atoms with E-state index in [0.29, 0.717) is 17.6 Å². The smallest absolute Gasteiger partial charge is 0.221 e. The van der Waals surface area contributed by atoms with Crippen LogP contribution in [0.1, 0.15) is 69.2 Å². The Bertz CT molecular complexity index is 416. The number of anilines is 1. The first-order valence-corrected chi connectivity index (χ1v) is 7.49. The second-order valence-electron chi connectivity index (χ2n) is 5.43. The van der Waals surface area contributed by atoms with Gasteiger partial charge in [0.25, 0.3) is 0 Å². The number of hydrogen-bond acceptors (Lipinski definition) is 4. The highest BCUT2D eigenvalue weighted by molar-refractivity contribution is 5.45. The molecule has 1 aliphatic rings. The summed E-state index contributed by atoms with van der Waals surface area (Å²) in [5, 5.41) is 0. The van der Waals surface area contributed by atoms with Crippen LogP contribution in [0, 0.1) is 6.92 Å². The van der Waals surface area contributed by atoms with E-state index in [9.17, 15) is 0 Å². The normalized spacial score (nSPS) is 14.6. The summed E-state index contributed by atoms with van der Waals surface area (Å²) in [5.74, 6) is 2.63. The Morgan fingerprint density at radius 2 is 1.89 bits per heavy atom. The maximum absolute atomic E-state index is 5.93. The van der Waals surface area contributed by atoms with Crippen molar-refractivity contribution in [1.82, 2.24) is 9.97 Å². The van der Waals surface area contributed by atoms with Crippen molar-refractivity contribution in [3.05, 3.63) is 11.4 Å². The summed E-state index contributed by atoms with van der Waals surface area (Å²) in [7, 11) is 0. The molecule has 0 aromatic carbocycles. The van der Waals surface area contributed by atoms with Gasteiger partial charge in [0.15, 0.2) is 0 Å². The highest BCUT2D eigenvalue weighted by atomic mass is 16.5. The topological polar surface area (TPSA) is 61.0 Å². The molecule has 1 aromatic heterocycles. The predicted octanol–water partition coefficient (Wildman–Crippen LogP) is 3.59. The van der Waals surface area contributed by atoms with Gasteiger partial charge >= 0.3 is 0 Å². The van der Waals surface area contributed by atoms with Crippen molar-refractivity contribution in [1.29, 1.82) is 0 Å². The molecule has 0 bridgehead atoms. The minimum Gasteiger partial charge on any atom is -0.477 e. The molecule has 106 valence electrons. The van der Waals surface area contributed by atoms with E-state index in [1.165, 1.54) is 38.5 Å². The molecule has 19 heavy (non-hydrogen) atoms. The number of ether oxygens (including phenoxy) is 1. The highest BCUT2D eigenvalue weighted by Gasteiger charge is 2.28. The third-order valence-corrected chi connectivity index (χ3v) is 3.59. The first-order chi connectivity index (χ1) is 9.22. The van der Waals surface area contributed by atoms with Crippen LogP contribution in [0.4, 0.5) is 5.82 Å². The molecule has 4 heteroatoms. The molecule has 1 aromatic rings. The maximum Gasteiger partial charge on any atom is 0.221 e. The molecule has 4 nitrogen and oxygen atoms in total. The molecule has 0 saturated heterocycles. The number of rotatable bonds is 8. The van der Waals surface area contributed by atoms with Gasteiger partial charge in [-0.05, 0) is 26.2 Å². The van der Waals surface area contributed by atoms with E-state index in [1.807, 2.05) is 6.92 Å². The average Bonchev–Trinajstić information content (AvgIpc) is 3.22. The largest absolute Gasteiger partial charge is 0.477 e. The molecule has 1 fully saturated rings. The molecule has 0 unspecified atom stereocenters. The van der Waals surface area contributed by atoms with E-state index in [-0.39, 0.29) is 0 Å². The molecule has 1 aliphatic carbocycles. The van der Waals surface area contributed by atoms with Gasteiger partial charge in [-0.15, -0.1) is 0 Å². The first-order valence-electron chi connectivity index (χ1n) is 7.49. The van der Waals surface area contributed by atoms with Crippen LogP contribution < -0.4 is 10.5 Å². The molecule has 0 amide bonds. The van der Waals surface area contributed by atoms with Crippen LogP contribution in [-0.2, 0) is 0 Å². The Morgan fingerprint density at radius 1 is 1.16 bits per heavy atom. The molecule has 0 atom stereocenters. The molecule has 1 saturated carbocycles. The predicted molar refractivity (Wildman–Crippen MR) is 77.4 cm³/mol. The number of hydrogen-bond donors (Lipinski definition) is 1. The Kier molecular flexibility index (Phi) is 5.00. The Morgan fingerprint density at radius 3 is 2.58 bits per heavy atom. The molecule has 0 aliphatic heterocycles. The van der Waals surface area contributed by atoms with Gasteiger partial charge in [0.2, 0.25) is 5.88 Å². The third kappa shape index (κ3) is 4.08. The minimum atomic E-state index is 0.509. The molecule has 2 N–H and O–H groups in total. The van der Waals surface area contributed by atoms with Crippen LogP contribution in [0.5, 0.6) is 5.88 Å².